The van der Waals surface area contributed by atoms with E-state index in [1.54, 1.807) is 4.90 Å². The third-order valence-electron chi connectivity index (χ3n) is 3.93. The Morgan fingerprint density at radius 2 is 1.95 bits per heavy atom. The van der Waals surface area contributed by atoms with Crippen LogP contribution in [-0.2, 0) is 10.3 Å². The smallest absolute Gasteiger partial charge is 0.410 e. The lowest BCUT2D eigenvalue weighted by Gasteiger charge is -2.44. The number of amides is 1. The van der Waals surface area contributed by atoms with Crippen LogP contribution in [0, 0.1) is 0 Å². The summed E-state index contributed by atoms with van der Waals surface area (Å²) in [5, 5.41) is 3.36. The molecule has 0 aromatic heterocycles. The molecule has 0 aliphatic carbocycles. The Bertz CT molecular complexity index is 413. The Morgan fingerprint density at radius 1 is 1.32 bits per heavy atom. The van der Waals surface area contributed by atoms with Crippen LogP contribution in [0.15, 0.2) is 30.3 Å². The molecule has 0 spiro atoms. The predicted octanol–water partition coefficient (Wildman–Crippen LogP) is 2.35. The number of piperidine rings is 1. The fourth-order valence-corrected chi connectivity index (χ4v) is 2.80. The highest BCUT2D eigenvalue weighted by molar-refractivity contribution is 5.68. The van der Waals surface area contributed by atoms with Gasteiger partial charge in [0.2, 0.25) is 0 Å². The first-order valence-electron chi connectivity index (χ1n) is 6.87. The molecule has 0 bridgehead atoms. The Kier molecular flexibility index (Phi) is 4.43. The summed E-state index contributed by atoms with van der Waals surface area (Å²) >= 11 is 0. The minimum absolute atomic E-state index is 0.242. The van der Waals surface area contributed by atoms with E-state index in [4.69, 9.17) is 4.74 Å². The van der Waals surface area contributed by atoms with Crippen molar-refractivity contribution in [2.75, 3.05) is 26.7 Å². The number of carbonyl (C=O) groups is 1. The summed E-state index contributed by atoms with van der Waals surface area (Å²) in [5.41, 5.74) is 0.936. The van der Waals surface area contributed by atoms with Crippen LogP contribution in [0.2, 0.25) is 0 Å². The molecule has 104 valence electrons. The van der Waals surface area contributed by atoms with Crippen molar-refractivity contribution in [3.63, 3.8) is 0 Å². The molecule has 4 nitrogen and oxygen atoms in total. The third kappa shape index (κ3) is 2.73. The molecule has 19 heavy (non-hydrogen) atoms. The number of hydrogen-bond acceptors (Lipinski definition) is 3. The van der Waals surface area contributed by atoms with E-state index in [0.29, 0.717) is 6.61 Å². The average molecular weight is 262 g/mol. The first-order chi connectivity index (χ1) is 9.20. The van der Waals surface area contributed by atoms with Gasteiger partial charge in [-0.1, -0.05) is 30.3 Å². The summed E-state index contributed by atoms with van der Waals surface area (Å²) in [6, 6.07) is 10.3. The van der Waals surface area contributed by atoms with Crippen molar-refractivity contribution in [3.8, 4) is 0 Å². The Morgan fingerprint density at radius 3 is 2.53 bits per heavy atom. The van der Waals surface area contributed by atoms with Gasteiger partial charge in [0.1, 0.15) is 0 Å². The van der Waals surface area contributed by atoms with E-state index >= 15 is 0 Å². The molecule has 1 amide bonds. The van der Waals surface area contributed by atoms with Crippen LogP contribution in [-0.4, -0.2) is 37.7 Å². The largest absolute Gasteiger partial charge is 0.450 e. The van der Waals surface area contributed by atoms with E-state index in [0.717, 1.165) is 25.9 Å². The molecule has 1 saturated heterocycles. The standard InChI is InChI=1S/C15H22N2O2/c1-3-19-14(18)17(2)15(9-11-16-12-10-15)13-7-5-4-6-8-13/h4-8,16H,3,9-12H2,1-2H3. The Hall–Kier alpha value is -1.55. The van der Waals surface area contributed by atoms with Gasteiger partial charge in [-0.25, -0.2) is 4.79 Å². The highest BCUT2D eigenvalue weighted by Gasteiger charge is 2.40. The molecule has 1 fully saturated rings. The zero-order valence-corrected chi connectivity index (χ0v) is 11.7. The number of nitrogens with zero attached hydrogens (tertiary/aromatic N) is 1. The normalized spacial score (nSPS) is 17.8. The first-order valence-corrected chi connectivity index (χ1v) is 6.87. The molecule has 0 saturated carbocycles. The third-order valence-corrected chi connectivity index (χ3v) is 3.93. The monoisotopic (exact) mass is 262 g/mol. The molecule has 1 aliphatic heterocycles. The van der Waals surface area contributed by atoms with Gasteiger partial charge in [-0.15, -0.1) is 0 Å². The van der Waals surface area contributed by atoms with Crippen molar-refractivity contribution in [1.29, 1.82) is 0 Å². The quantitative estimate of drug-likeness (QED) is 0.909. The van der Waals surface area contributed by atoms with E-state index in [-0.39, 0.29) is 11.6 Å². The maximum Gasteiger partial charge on any atom is 0.410 e. The number of carbonyl (C=O) groups excluding carboxylic acids is 1. The number of ether oxygens (including phenoxy) is 1. The fourth-order valence-electron chi connectivity index (χ4n) is 2.80. The van der Waals surface area contributed by atoms with Gasteiger partial charge < -0.3 is 15.0 Å². The number of rotatable bonds is 3. The molecule has 2 rings (SSSR count). The predicted molar refractivity (Wildman–Crippen MR) is 75.0 cm³/mol. The highest BCUT2D eigenvalue weighted by Crippen LogP contribution is 2.36. The van der Waals surface area contributed by atoms with Gasteiger partial charge in [0.05, 0.1) is 12.1 Å². The number of benzene rings is 1. The van der Waals surface area contributed by atoms with E-state index in [2.05, 4.69) is 17.4 Å². The van der Waals surface area contributed by atoms with Gasteiger partial charge >= 0.3 is 6.09 Å². The summed E-state index contributed by atoms with van der Waals surface area (Å²) in [5.74, 6) is 0. The summed E-state index contributed by atoms with van der Waals surface area (Å²) in [6.45, 7) is 4.08. The van der Waals surface area contributed by atoms with Crippen LogP contribution < -0.4 is 5.32 Å². The lowest BCUT2D eigenvalue weighted by Crippen LogP contribution is -2.53. The average Bonchev–Trinajstić information content (AvgIpc) is 2.48. The molecule has 1 heterocycles. The second kappa shape index (κ2) is 6.06. The van der Waals surface area contributed by atoms with Crippen LogP contribution in [0.5, 0.6) is 0 Å². The van der Waals surface area contributed by atoms with E-state index < -0.39 is 0 Å². The SMILES string of the molecule is CCOC(=O)N(C)C1(c2ccccc2)CCNCC1. The van der Waals surface area contributed by atoms with E-state index in [1.807, 2.05) is 32.2 Å². The molecule has 1 N–H and O–H groups in total. The molecule has 0 atom stereocenters. The minimum Gasteiger partial charge on any atom is -0.450 e. The molecule has 1 aliphatic rings. The molecule has 1 aromatic rings. The molecule has 0 unspecified atom stereocenters. The summed E-state index contributed by atoms with van der Waals surface area (Å²) in [6.07, 6.45) is 1.58. The van der Waals surface area contributed by atoms with Gasteiger partial charge in [-0.05, 0) is 38.4 Å². The number of hydrogen-bond donors (Lipinski definition) is 1. The topological polar surface area (TPSA) is 41.6 Å². The Balaban J connectivity index is 2.32. The van der Waals surface area contributed by atoms with Crippen molar-refractivity contribution in [3.05, 3.63) is 35.9 Å². The van der Waals surface area contributed by atoms with Gasteiger partial charge in [-0.3, -0.25) is 0 Å². The summed E-state index contributed by atoms with van der Waals surface area (Å²) < 4.78 is 5.17. The summed E-state index contributed by atoms with van der Waals surface area (Å²) in [4.78, 5) is 13.9. The van der Waals surface area contributed by atoms with Crippen LogP contribution in [0.25, 0.3) is 0 Å². The molecule has 1 aromatic carbocycles. The molecular formula is C15H22N2O2. The maximum absolute atomic E-state index is 12.1. The maximum atomic E-state index is 12.1. The van der Waals surface area contributed by atoms with Crippen LogP contribution >= 0.6 is 0 Å². The van der Waals surface area contributed by atoms with Crippen LogP contribution in [0.4, 0.5) is 4.79 Å². The van der Waals surface area contributed by atoms with Gasteiger partial charge in [0, 0.05) is 7.05 Å². The highest BCUT2D eigenvalue weighted by atomic mass is 16.6. The zero-order valence-electron chi connectivity index (χ0n) is 11.7. The first kappa shape index (κ1) is 13.9. The fraction of sp³-hybridized carbons (Fsp3) is 0.533. The summed E-state index contributed by atoms with van der Waals surface area (Å²) in [7, 11) is 1.84. The van der Waals surface area contributed by atoms with Crippen LogP contribution in [0.3, 0.4) is 0 Å². The van der Waals surface area contributed by atoms with E-state index in [9.17, 15) is 4.79 Å². The molecular weight excluding hydrogens is 240 g/mol. The lowest BCUT2D eigenvalue weighted by molar-refractivity contribution is 0.0489. The molecule has 0 radical (unpaired) electrons. The van der Waals surface area contributed by atoms with Gasteiger partial charge in [0.15, 0.2) is 0 Å². The second-order valence-electron chi connectivity index (χ2n) is 4.91. The van der Waals surface area contributed by atoms with Gasteiger partial charge in [0.25, 0.3) is 0 Å². The van der Waals surface area contributed by atoms with Crippen molar-refractivity contribution in [2.45, 2.75) is 25.3 Å². The van der Waals surface area contributed by atoms with Crippen molar-refractivity contribution in [1.82, 2.24) is 10.2 Å². The number of nitrogens with one attached hydrogen (secondary N) is 1. The van der Waals surface area contributed by atoms with E-state index in [1.165, 1.54) is 5.56 Å². The van der Waals surface area contributed by atoms with Crippen LogP contribution in [0.1, 0.15) is 25.3 Å². The molecule has 4 heteroatoms. The Labute approximate surface area is 114 Å². The van der Waals surface area contributed by atoms with Crippen molar-refractivity contribution >= 4 is 6.09 Å². The van der Waals surface area contributed by atoms with Crippen molar-refractivity contribution < 1.29 is 9.53 Å². The lowest BCUT2D eigenvalue weighted by atomic mass is 9.80. The van der Waals surface area contributed by atoms with Gasteiger partial charge in [-0.2, -0.15) is 0 Å². The second-order valence-corrected chi connectivity index (χ2v) is 4.91. The minimum atomic E-state index is -0.251. The zero-order chi connectivity index (χ0) is 13.7. The van der Waals surface area contributed by atoms with Crippen molar-refractivity contribution in [2.24, 2.45) is 0 Å².